The number of hydrogen-bond acceptors (Lipinski definition) is 6. The summed E-state index contributed by atoms with van der Waals surface area (Å²) in [6.45, 7) is 4.16. The highest BCUT2D eigenvalue weighted by molar-refractivity contribution is 7.89. The summed E-state index contributed by atoms with van der Waals surface area (Å²) in [5.74, 6) is -0.394. The maximum Gasteiger partial charge on any atom is 0.341 e. The lowest BCUT2D eigenvalue weighted by molar-refractivity contribution is 0.0526. The second-order valence-electron chi connectivity index (χ2n) is 7.55. The minimum absolute atomic E-state index is 0.0325. The van der Waals surface area contributed by atoms with E-state index < -0.39 is 21.9 Å². The monoisotopic (exact) mass is 450 g/mol. The molecule has 1 aliphatic rings. The highest BCUT2D eigenvalue weighted by Crippen LogP contribution is 2.40. The molecule has 0 saturated heterocycles. The Bertz CT molecular complexity index is 1070. The van der Waals surface area contributed by atoms with Crippen LogP contribution in [0.3, 0.4) is 0 Å². The van der Waals surface area contributed by atoms with E-state index in [4.69, 9.17) is 4.74 Å². The predicted octanol–water partition coefficient (Wildman–Crippen LogP) is 3.55. The van der Waals surface area contributed by atoms with Gasteiger partial charge in [0.05, 0.1) is 17.1 Å². The van der Waals surface area contributed by atoms with E-state index in [2.05, 4.69) is 12.2 Å². The van der Waals surface area contributed by atoms with Crippen molar-refractivity contribution in [3.63, 3.8) is 0 Å². The number of amides is 1. The maximum atomic E-state index is 12.9. The molecule has 30 heavy (non-hydrogen) atoms. The number of hydrogen-bond donors (Lipinski definition) is 1. The van der Waals surface area contributed by atoms with Crippen molar-refractivity contribution in [3.05, 3.63) is 45.8 Å². The van der Waals surface area contributed by atoms with Gasteiger partial charge in [-0.05, 0) is 55.9 Å². The molecule has 162 valence electrons. The van der Waals surface area contributed by atoms with E-state index in [1.807, 2.05) is 0 Å². The number of nitrogens with zero attached hydrogens (tertiary/aromatic N) is 1. The Balaban J connectivity index is 1.95. The second-order valence-corrected chi connectivity index (χ2v) is 10.8. The van der Waals surface area contributed by atoms with Crippen LogP contribution in [0.15, 0.2) is 29.2 Å². The van der Waals surface area contributed by atoms with Crippen molar-refractivity contribution in [1.29, 1.82) is 0 Å². The molecule has 1 unspecified atom stereocenters. The second kappa shape index (κ2) is 8.87. The van der Waals surface area contributed by atoms with Crippen LogP contribution in [0, 0.1) is 5.92 Å². The Hall–Kier alpha value is -2.23. The molecular formula is C21H26N2O5S2. The van der Waals surface area contributed by atoms with Gasteiger partial charge in [-0.15, -0.1) is 11.3 Å². The largest absolute Gasteiger partial charge is 0.462 e. The lowest BCUT2D eigenvalue weighted by Gasteiger charge is -2.18. The van der Waals surface area contributed by atoms with Gasteiger partial charge in [-0.3, -0.25) is 4.79 Å². The third-order valence-corrected chi connectivity index (χ3v) is 8.07. The van der Waals surface area contributed by atoms with Gasteiger partial charge in [-0.25, -0.2) is 17.5 Å². The molecule has 1 aromatic heterocycles. The van der Waals surface area contributed by atoms with Gasteiger partial charge in [0, 0.05) is 24.5 Å². The van der Waals surface area contributed by atoms with Crippen molar-refractivity contribution in [2.24, 2.45) is 5.92 Å². The lowest BCUT2D eigenvalue weighted by Crippen LogP contribution is -2.23. The minimum atomic E-state index is -3.66. The molecule has 3 rings (SSSR count). The van der Waals surface area contributed by atoms with Gasteiger partial charge in [-0.1, -0.05) is 13.0 Å². The molecule has 0 spiro atoms. The molecule has 1 amide bonds. The van der Waals surface area contributed by atoms with Crippen LogP contribution in [0.25, 0.3) is 0 Å². The van der Waals surface area contributed by atoms with E-state index in [9.17, 15) is 18.0 Å². The molecule has 0 aliphatic heterocycles. The van der Waals surface area contributed by atoms with Crippen LogP contribution >= 0.6 is 11.3 Å². The highest BCUT2D eigenvalue weighted by atomic mass is 32.2. The van der Waals surface area contributed by atoms with Gasteiger partial charge in [0.25, 0.3) is 5.91 Å². The van der Waals surface area contributed by atoms with Gasteiger partial charge >= 0.3 is 5.97 Å². The number of rotatable bonds is 6. The van der Waals surface area contributed by atoms with E-state index in [-0.39, 0.29) is 17.1 Å². The van der Waals surface area contributed by atoms with E-state index in [1.54, 1.807) is 13.0 Å². The van der Waals surface area contributed by atoms with Crippen LogP contribution in [-0.4, -0.2) is 45.3 Å². The third kappa shape index (κ3) is 4.43. The average Bonchev–Trinajstić information content (AvgIpc) is 3.04. The van der Waals surface area contributed by atoms with Crippen LogP contribution in [0.2, 0.25) is 0 Å². The standard InChI is InChI=1S/C21H26N2O5S2/c1-5-28-21(25)18-16-10-9-13(2)11-17(16)29-20(18)22-19(24)14-7-6-8-15(12-14)30(26,27)23(3)4/h6-8,12-13H,5,9-11H2,1-4H3,(H,22,24). The molecule has 1 heterocycles. The van der Waals surface area contributed by atoms with E-state index in [0.29, 0.717) is 16.5 Å². The summed E-state index contributed by atoms with van der Waals surface area (Å²) < 4.78 is 31.1. The fourth-order valence-corrected chi connectivity index (χ4v) is 5.78. The number of sulfonamides is 1. The zero-order valence-corrected chi connectivity index (χ0v) is 19.2. The fraction of sp³-hybridized carbons (Fsp3) is 0.429. The van der Waals surface area contributed by atoms with Crippen LogP contribution in [-0.2, 0) is 27.6 Å². The number of fused-ring (bicyclic) bond motifs is 1. The van der Waals surface area contributed by atoms with E-state index in [0.717, 1.165) is 34.0 Å². The molecule has 1 N–H and O–H groups in total. The molecule has 0 radical (unpaired) electrons. The van der Waals surface area contributed by atoms with Crippen LogP contribution in [0.5, 0.6) is 0 Å². The van der Waals surface area contributed by atoms with Crippen molar-refractivity contribution in [2.75, 3.05) is 26.0 Å². The number of carbonyl (C=O) groups is 2. The number of carbonyl (C=O) groups excluding carboxylic acids is 2. The van der Waals surface area contributed by atoms with Crippen molar-refractivity contribution in [1.82, 2.24) is 4.31 Å². The first-order valence-electron chi connectivity index (χ1n) is 9.80. The Morgan fingerprint density at radius 2 is 2.03 bits per heavy atom. The topological polar surface area (TPSA) is 92.8 Å². The summed E-state index contributed by atoms with van der Waals surface area (Å²) in [6.07, 6.45) is 2.61. The molecule has 1 atom stereocenters. The summed E-state index contributed by atoms with van der Waals surface area (Å²) in [7, 11) is -0.791. The molecule has 7 nitrogen and oxygen atoms in total. The van der Waals surface area contributed by atoms with Gasteiger partial charge in [0.15, 0.2) is 0 Å². The first-order chi connectivity index (χ1) is 14.1. The number of ether oxygens (including phenoxy) is 1. The normalized spacial score (nSPS) is 16.2. The number of nitrogens with one attached hydrogen (secondary N) is 1. The molecule has 1 aromatic carbocycles. The van der Waals surface area contributed by atoms with Crippen molar-refractivity contribution in [3.8, 4) is 0 Å². The average molecular weight is 451 g/mol. The van der Waals surface area contributed by atoms with Crippen LogP contribution in [0.4, 0.5) is 5.00 Å². The van der Waals surface area contributed by atoms with Crippen LogP contribution < -0.4 is 5.32 Å². The predicted molar refractivity (Wildman–Crippen MR) is 117 cm³/mol. The Morgan fingerprint density at radius 1 is 1.30 bits per heavy atom. The van der Waals surface area contributed by atoms with Crippen LogP contribution in [0.1, 0.15) is 51.4 Å². The fourth-order valence-electron chi connectivity index (χ4n) is 3.44. The van der Waals surface area contributed by atoms with Crippen molar-refractivity contribution >= 4 is 38.2 Å². The maximum absolute atomic E-state index is 12.9. The number of thiophene rings is 1. The highest BCUT2D eigenvalue weighted by Gasteiger charge is 2.29. The van der Waals surface area contributed by atoms with Gasteiger partial charge in [0.1, 0.15) is 5.00 Å². The summed E-state index contributed by atoms with van der Waals surface area (Å²) in [4.78, 5) is 26.6. The Morgan fingerprint density at radius 3 is 2.70 bits per heavy atom. The van der Waals surface area contributed by atoms with E-state index >= 15 is 0 Å². The molecule has 9 heteroatoms. The molecule has 0 bridgehead atoms. The number of benzene rings is 1. The van der Waals surface area contributed by atoms with Crippen molar-refractivity contribution in [2.45, 2.75) is 38.0 Å². The van der Waals surface area contributed by atoms with E-state index in [1.165, 1.54) is 43.6 Å². The van der Waals surface area contributed by atoms with Crippen molar-refractivity contribution < 1.29 is 22.7 Å². The Kier molecular flexibility index (Phi) is 6.64. The summed E-state index contributed by atoms with van der Waals surface area (Å²) in [5.41, 5.74) is 1.58. The number of esters is 1. The smallest absolute Gasteiger partial charge is 0.341 e. The van der Waals surface area contributed by atoms with Gasteiger partial charge < -0.3 is 10.1 Å². The zero-order chi connectivity index (χ0) is 22.1. The zero-order valence-electron chi connectivity index (χ0n) is 17.5. The molecular weight excluding hydrogens is 424 g/mol. The van der Waals surface area contributed by atoms with Gasteiger partial charge in [0.2, 0.25) is 10.0 Å². The Labute approximate surface area is 181 Å². The third-order valence-electron chi connectivity index (χ3n) is 5.09. The molecule has 0 saturated carbocycles. The summed E-state index contributed by atoms with van der Waals surface area (Å²) in [6, 6.07) is 5.86. The lowest BCUT2D eigenvalue weighted by atomic mass is 9.88. The molecule has 2 aromatic rings. The summed E-state index contributed by atoms with van der Waals surface area (Å²) in [5, 5.41) is 3.27. The first-order valence-corrected chi connectivity index (χ1v) is 12.1. The quantitative estimate of drug-likeness (QED) is 0.680. The minimum Gasteiger partial charge on any atom is -0.462 e. The summed E-state index contributed by atoms with van der Waals surface area (Å²) >= 11 is 1.40. The van der Waals surface area contributed by atoms with Gasteiger partial charge in [-0.2, -0.15) is 0 Å². The molecule has 1 aliphatic carbocycles. The first kappa shape index (κ1) is 22.5. The number of anilines is 1. The molecule has 0 fully saturated rings. The SMILES string of the molecule is CCOC(=O)c1c(NC(=O)c2cccc(S(=O)(=O)N(C)C)c2)sc2c1CCC(C)C2.